The van der Waals surface area contributed by atoms with E-state index in [1.54, 1.807) is 11.3 Å². The van der Waals surface area contributed by atoms with E-state index < -0.39 is 0 Å². The van der Waals surface area contributed by atoms with Crippen LogP contribution in [0.5, 0.6) is 0 Å². The third kappa shape index (κ3) is 2.10. The van der Waals surface area contributed by atoms with Gasteiger partial charge >= 0.3 is 0 Å². The average Bonchev–Trinajstić information content (AvgIpc) is 2.82. The third-order valence-electron chi connectivity index (χ3n) is 3.78. The van der Waals surface area contributed by atoms with Gasteiger partial charge in [0, 0.05) is 7.05 Å². The first-order chi connectivity index (χ1) is 8.75. The van der Waals surface area contributed by atoms with Crippen LogP contribution >= 0.6 is 11.3 Å². The Kier molecular flexibility index (Phi) is 3.22. The lowest BCUT2D eigenvalue weighted by atomic mass is 9.92. The fraction of sp³-hybridized carbons (Fsp3) is 0.500. The molecule has 2 aromatic rings. The van der Waals surface area contributed by atoms with E-state index in [2.05, 4.69) is 23.0 Å². The van der Waals surface area contributed by atoms with Crippen molar-refractivity contribution in [3.8, 4) is 0 Å². The Hall–Kier alpha value is -1.13. The zero-order valence-electron chi connectivity index (χ0n) is 10.5. The molecule has 18 heavy (non-hydrogen) atoms. The van der Waals surface area contributed by atoms with Gasteiger partial charge < -0.3 is 10.0 Å². The van der Waals surface area contributed by atoms with Gasteiger partial charge in [-0.2, -0.15) is 0 Å². The number of aliphatic hydroxyl groups excluding tert-OH is 1. The number of benzene rings is 1. The number of aliphatic hydroxyl groups is 1. The zero-order valence-corrected chi connectivity index (χ0v) is 11.4. The summed E-state index contributed by atoms with van der Waals surface area (Å²) in [4.78, 5) is 6.82. The number of para-hydroxylation sites is 1. The number of hydrogen-bond acceptors (Lipinski definition) is 4. The molecule has 2 unspecified atom stereocenters. The normalized spacial score (nSPS) is 24.3. The van der Waals surface area contributed by atoms with Gasteiger partial charge in [0.15, 0.2) is 5.13 Å². The standard InChI is InChI=1S/C14H18N2OS/c1-16(11-7-3-4-8-12(11)17)14-15-10-6-2-5-9-13(10)18-14/h2,5-6,9,11-12,17H,3-4,7-8H2,1H3. The maximum Gasteiger partial charge on any atom is 0.186 e. The van der Waals surface area contributed by atoms with Gasteiger partial charge in [-0.05, 0) is 25.0 Å². The summed E-state index contributed by atoms with van der Waals surface area (Å²) in [5.41, 5.74) is 1.05. The SMILES string of the molecule is CN(c1nc2ccccc2s1)C1CCCCC1O. The van der Waals surface area contributed by atoms with Crippen molar-refractivity contribution in [3.63, 3.8) is 0 Å². The molecule has 0 bridgehead atoms. The molecule has 3 rings (SSSR count). The van der Waals surface area contributed by atoms with E-state index >= 15 is 0 Å². The molecule has 4 heteroatoms. The van der Waals surface area contributed by atoms with Crippen LogP contribution < -0.4 is 4.90 Å². The Morgan fingerprint density at radius 2 is 2.06 bits per heavy atom. The van der Waals surface area contributed by atoms with E-state index in [1.165, 1.54) is 11.1 Å². The minimum atomic E-state index is -0.212. The molecule has 1 N–H and O–H groups in total. The van der Waals surface area contributed by atoms with Gasteiger partial charge in [0.2, 0.25) is 0 Å². The molecule has 0 aliphatic heterocycles. The summed E-state index contributed by atoms with van der Waals surface area (Å²) in [6.45, 7) is 0. The average molecular weight is 262 g/mol. The minimum absolute atomic E-state index is 0.212. The number of likely N-dealkylation sites (N-methyl/N-ethyl adjacent to an activating group) is 1. The van der Waals surface area contributed by atoms with E-state index in [0.29, 0.717) is 0 Å². The van der Waals surface area contributed by atoms with Gasteiger partial charge in [-0.3, -0.25) is 0 Å². The molecule has 0 saturated heterocycles. The molecule has 0 radical (unpaired) electrons. The highest BCUT2D eigenvalue weighted by molar-refractivity contribution is 7.22. The van der Waals surface area contributed by atoms with Crippen molar-refractivity contribution in [1.29, 1.82) is 0 Å². The van der Waals surface area contributed by atoms with Crippen LogP contribution in [-0.2, 0) is 0 Å². The molecule has 0 spiro atoms. The Balaban J connectivity index is 1.88. The highest BCUT2D eigenvalue weighted by Crippen LogP contribution is 2.32. The molecule has 1 aliphatic rings. The number of rotatable bonds is 2. The van der Waals surface area contributed by atoms with Crippen molar-refractivity contribution in [1.82, 2.24) is 4.98 Å². The van der Waals surface area contributed by atoms with Gasteiger partial charge in [0.25, 0.3) is 0 Å². The fourth-order valence-electron chi connectivity index (χ4n) is 2.70. The van der Waals surface area contributed by atoms with Crippen molar-refractivity contribution < 1.29 is 5.11 Å². The summed E-state index contributed by atoms with van der Waals surface area (Å²) in [6, 6.07) is 8.42. The largest absolute Gasteiger partial charge is 0.391 e. The maximum atomic E-state index is 10.1. The van der Waals surface area contributed by atoms with E-state index in [9.17, 15) is 5.11 Å². The number of aromatic nitrogens is 1. The first kappa shape index (κ1) is 11.9. The number of fused-ring (bicyclic) bond motifs is 1. The van der Waals surface area contributed by atoms with Crippen LogP contribution in [0, 0.1) is 0 Å². The Bertz CT molecular complexity index is 506. The summed E-state index contributed by atoms with van der Waals surface area (Å²) in [5, 5.41) is 11.1. The third-order valence-corrected chi connectivity index (χ3v) is 4.90. The second-order valence-corrected chi connectivity index (χ2v) is 6.00. The second-order valence-electron chi connectivity index (χ2n) is 4.99. The summed E-state index contributed by atoms with van der Waals surface area (Å²) >= 11 is 1.70. The lowest BCUT2D eigenvalue weighted by Crippen LogP contribution is -2.43. The highest BCUT2D eigenvalue weighted by Gasteiger charge is 2.28. The van der Waals surface area contributed by atoms with Gasteiger partial charge in [-0.1, -0.05) is 36.3 Å². The van der Waals surface area contributed by atoms with Crippen molar-refractivity contribution in [2.45, 2.75) is 37.8 Å². The summed E-state index contributed by atoms with van der Waals surface area (Å²) in [5.74, 6) is 0. The van der Waals surface area contributed by atoms with Gasteiger partial charge in [-0.15, -0.1) is 0 Å². The molecule has 1 aromatic carbocycles. The van der Waals surface area contributed by atoms with Crippen LogP contribution in [0.3, 0.4) is 0 Å². The van der Waals surface area contributed by atoms with Crippen molar-refractivity contribution >= 4 is 26.7 Å². The molecule has 3 nitrogen and oxygen atoms in total. The number of nitrogens with zero attached hydrogens (tertiary/aromatic N) is 2. The molecule has 0 amide bonds. The first-order valence-electron chi connectivity index (χ1n) is 6.52. The molecule has 96 valence electrons. The first-order valence-corrected chi connectivity index (χ1v) is 7.34. The summed E-state index contributed by atoms with van der Waals surface area (Å²) < 4.78 is 1.21. The summed E-state index contributed by atoms with van der Waals surface area (Å²) in [7, 11) is 2.05. The smallest absolute Gasteiger partial charge is 0.186 e. The lowest BCUT2D eigenvalue weighted by molar-refractivity contribution is 0.106. The fourth-order valence-corrected chi connectivity index (χ4v) is 3.68. The zero-order chi connectivity index (χ0) is 12.5. The number of anilines is 1. The van der Waals surface area contributed by atoms with Crippen LogP contribution in [-0.4, -0.2) is 29.3 Å². The quantitative estimate of drug-likeness (QED) is 0.903. The Labute approximate surface area is 111 Å². The molecular weight excluding hydrogens is 244 g/mol. The minimum Gasteiger partial charge on any atom is -0.391 e. The molecular formula is C14H18N2OS. The topological polar surface area (TPSA) is 36.4 Å². The molecule has 1 saturated carbocycles. The molecule has 1 aromatic heterocycles. The van der Waals surface area contributed by atoms with Crippen LogP contribution in [0.15, 0.2) is 24.3 Å². The molecule has 1 heterocycles. The van der Waals surface area contributed by atoms with Crippen molar-refractivity contribution in [3.05, 3.63) is 24.3 Å². The number of thiazole rings is 1. The number of hydrogen-bond donors (Lipinski definition) is 1. The van der Waals surface area contributed by atoms with Gasteiger partial charge in [0.1, 0.15) is 0 Å². The Morgan fingerprint density at radius 1 is 1.28 bits per heavy atom. The van der Waals surface area contributed by atoms with Crippen molar-refractivity contribution in [2.75, 3.05) is 11.9 Å². The van der Waals surface area contributed by atoms with E-state index in [-0.39, 0.29) is 12.1 Å². The van der Waals surface area contributed by atoms with E-state index in [1.807, 2.05) is 18.2 Å². The van der Waals surface area contributed by atoms with E-state index in [0.717, 1.165) is 29.9 Å². The summed E-state index contributed by atoms with van der Waals surface area (Å²) in [6.07, 6.45) is 4.12. The van der Waals surface area contributed by atoms with Crippen LogP contribution in [0.1, 0.15) is 25.7 Å². The highest BCUT2D eigenvalue weighted by atomic mass is 32.1. The predicted octanol–water partition coefficient (Wildman–Crippen LogP) is 3.04. The predicted molar refractivity (Wildman–Crippen MR) is 76.3 cm³/mol. The van der Waals surface area contributed by atoms with Crippen LogP contribution in [0.25, 0.3) is 10.2 Å². The monoisotopic (exact) mass is 262 g/mol. The maximum absolute atomic E-state index is 10.1. The molecule has 1 aliphatic carbocycles. The lowest BCUT2D eigenvalue weighted by Gasteiger charge is -2.34. The Morgan fingerprint density at radius 3 is 2.83 bits per heavy atom. The molecule has 1 fully saturated rings. The van der Waals surface area contributed by atoms with Crippen molar-refractivity contribution in [2.24, 2.45) is 0 Å². The van der Waals surface area contributed by atoms with Crippen LogP contribution in [0.4, 0.5) is 5.13 Å². The molecule has 2 atom stereocenters. The second kappa shape index (κ2) is 4.86. The van der Waals surface area contributed by atoms with E-state index in [4.69, 9.17) is 0 Å². The van der Waals surface area contributed by atoms with Gasteiger partial charge in [0.05, 0.1) is 22.4 Å². The van der Waals surface area contributed by atoms with Crippen LogP contribution in [0.2, 0.25) is 0 Å². The van der Waals surface area contributed by atoms with Gasteiger partial charge in [-0.25, -0.2) is 4.98 Å².